The molecule has 4 aliphatic rings. The van der Waals surface area contributed by atoms with Gasteiger partial charge in [-0.15, -0.1) is 0 Å². The number of nitrogens with two attached hydrogens (primary N) is 2. The number of benzene rings is 2. The van der Waals surface area contributed by atoms with Crippen LogP contribution >= 0.6 is 0 Å². The lowest BCUT2D eigenvalue weighted by Crippen LogP contribution is -2.78. The van der Waals surface area contributed by atoms with Crippen molar-refractivity contribution in [1.29, 1.82) is 0 Å². The van der Waals surface area contributed by atoms with Gasteiger partial charge in [0.1, 0.15) is 12.1 Å². The Morgan fingerprint density at radius 3 is 2.63 bits per heavy atom. The lowest BCUT2D eigenvalue weighted by molar-refractivity contribution is -0.230. The second-order valence-electron chi connectivity index (χ2n) is 10.2. The highest BCUT2D eigenvalue weighted by molar-refractivity contribution is 6.07. The SMILES string of the molecule is Cc1ccc2c(C(=O)NC3CN4C(N)=N[C@@H](CN5C(=O)CCC5=O)C5N=C(N)NC54C3(O)O)cccc2c1. The Hall–Kier alpha value is -4.23. The highest BCUT2D eigenvalue weighted by Gasteiger charge is 2.73. The number of aliphatic imine (C=N–C) groups is 2. The van der Waals surface area contributed by atoms with Crippen molar-refractivity contribution in [2.24, 2.45) is 21.5 Å². The number of nitrogens with one attached hydrogen (secondary N) is 2. The van der Waals surface area contributed by atoms with Gasteiger partial charge in [-0.1, -0.05) is 35.9 Å². The second kappa shape index (κ2) is 8.13. The third kappa shape index (κ3) is 3.28. The number of aryl methyl sites for hydroxylation is 1. The monoisotopic (exact) mass is 520 g/mol. The molecule has 2 aromatic rings. The van der Waals surface area contributed by atoms with Crippen LogP contribution < -0.4 is 22.1 Å². The van der Waals surface area contributed by atoms with Crippen molar-refractivity contribution in [3.63, 3.8) is 0 Å². The molecule has 13 heteroatoms. The van der Waals surface area contributed by atoms with Crippen LogP contribution in [0.1, 0.15) is 28.8 Å². The highest BCUT2D eigenvalue weighted by atomic mass is 16.5. The van der Waals surface area contributed by atoms with Crippen LogP contribution in [-0.4, -0.2) is 92.3 Å². The van der Waals surface area contributed by atoms with Gasteiger partial charge in [0.15, 0.2) is 17.6 Å². The number of hydrogen-bond acceptors (Lipinski definition) is 11. The fourth-order valence-electron chi connectivity index (χ4n) is 6.09. The van der Waals surface area contributed by atoms with Gasteiger partial charge in [0.25, 0.3) is 5.91 Å². The summed E-state index contributed by atoms with van der Waals surface area (Å²) in [5.74, 6) is -3.97. The lowest BCUT2D eigenvalue weighted by atomic mass is 9.84. The second-order valence-corrected chi connectivity index (χ2v) is 10.2. The minimum absolute atomic E-state index is 0.0624. The van der Waals surface area contributed by atoms with E-state index in [1.54, 1.807) is 12.1 Å². The predicted octanol–water partition coefficient (Wildman–Crippen LogP) is -1.93. The van der Waals surface area contributed by atoms with E-state index in [0.717, 1.165) is 21.2 Å². The molecule has 8 N–H and O–H groups in total. The maximum absolute atomic E-state index is 13.4. The van der Waals surface area contributed by atoms with Crippen LogP contribution in [0, 0.1) is 6.92 Å². The smallest absolute Gasteiger partial charge is 0.252 e. The molecule has 13 nitrogen and oxygen atoms in total. The van der Waals surface area contributed by atoms with E-state index < -0.39 is 35.5 Å². The summed E-state index contributed by atoms with van der Waals surface area (Å²) < 4.78 is 0. The lowest BCUT2D eigenvalue weighted by Gasteiger charge is -2.49. The Morgan fingerprint density at radius 2 is 1.89 bits per heavy atom. The molecular weight excluding hydrogens is 492 g/mol. The fraction of sp³-hybridized carbons (Fsp3) is 0.400. The van der Waals surface area contributed by atoms with Gasteiger partial charge in [0.2, 0.25) is 17.6 Å². The molecule has 0 radical (unpaired) electrons. The van der Waals surface area contributed by atoms with Crippen LogP contribution in [0.4, 0.5) is 0 Å². The molecule has 2 saturated heterocycles. The van der Waals surface area contributed by atoms with Crippen molar-refractivity contribution in [3.8, 4) is 0 Å². The number of guanidine groups is 2. The zero-order valence-electron chi connectivity index (χ0n) is 20.6. The number of aliphatic hydroxyl groups is 2. The normalized spacial score (nSPS) is 29.6. The highest BCUT2D eigenvalue weighted by Crippen LogP contribution is 2.45. The summed E-state index contributed by atoms with van der Waals surface area (Å²) in [6.07, 6.45) is 0.199. The van der Waals surface area contributed by atoms with Crippen LogP contribution in [0.25, 0.3) is 10.8 Å². The van der Waals surface area contributed by atoms with Crippen LogP contribution in [0.2, 0.25) is 0 Å². The van der Waals surface area contributed by atoms with Crippen LogP contribution in [0.15, 0.2) is 46.4 Å². The van der Waals surface area contributed by atoms with Gasteiger partial charge in [0, 0.05) is 24.9 Å². The van der Waals surface area contributed by atoms with Crippen molar-refractivity contribution in [3.05, 3.63) is 47.5 Å². The molecule has 3 amide bonds. The third-order valence-corrected chi connectivity index (χ3v) is 7.91. The van der Waals surface area contributed by atoms with E-state index in [2.05, 4.69) is 20.6 Å². The van der Waals surface area contributed by atoms with E-state index in [-0.39, 0.29) is 49.7 Å². The molecule has 2 aromatic carbocycles. The van der Waals surface area contributed by atoms with Gasteiger partial charge < -0.3 is 37.2 Å². The molecule has 0 aliphatic carbocycles. The molecular formula is C25H28N8O5. The van der Waals surface area contributed by atoms with E-state index >= 15 is 0 Å². The number of nitrogens with zero attached hydrogens (tertiary/aromatic N) is 4. The Kier molecular flexibility index (Phi) is 5.16. The number of carbonyl (C=O) groups is 3. The quantitative estimate of drug-likeness (QED) is 0.196. The number of imide groups is 1. The standard InChI is InChI=1S/C25H28N8O5/c1-12-5-6-14-13(9-12)3-2-4-15(14)21(36)29-17-11-33-23(27)28-16(10-32-18(34)7-8-19(32)35)20-24(33,25(17,37)38)31-22(26)30-20/h2-6,9,16-17,20,37-38H,7-8,10-11H2,1H3,(H2,27,28)(H,29,36)(H3,26,30,31)/t16-,17?,20?,24?/m0/s1. The third-order valence-electron chi connectivity index (χ3n) is 7.91. The zero-order valence-corrected chi connectivity index (χ0v) is 20.6. The number of rotatable bonds is 4. The largest absolute Gasteiger partial charge is 0.370 e. The Balaban J connectivity index is 1.33. The van der Waals surface area contributed by atoms with E-state index in [4.69, 9.17) is 11.5 Å². The fourth-order valence-corrected chi connectivity index (χ4v) is 6.09. The molecule has 0 saturated carbocycles. The topological polar surface area (TPSA) is 199 Å². The van der Waals surface area contributed by atoms with Crippen LogP contribution in [0.5, 0.6) is 0 Å². The molecule has 38 heavy (non-hydrogen) atoms. The van der Waals surface area contributed by atoms with Gasteiger partial charge in [-0.05, 0) is 23.8 Å². The first-order valence-electron chi connectivity index (χ1n) is 12.3. The summed E-state index contributed by atoms with van der Waals surface area (Å²) in [7, 11) is 0. The van der Waals surface area contributed by atoms with Crippen molar-refractivity contribution in [2.75, 3.05) is 13.1 Å². The molecule has 6 rings (SSSR count). The summed E-state index contributed by atoms with van der Waals surface area (Å²) >= 11 is 0. The summed E-state index contributed by atoms with van der Waals surface area (Å²) in [6, 6.07) is 7.90. The van der Waals surface area contributed by atoms with E-state index in [1.165, 1.54) is 4.90 Å². The van der Waals surface area contributed by atoms with Crippen molar-refractivity contribution in [2.45, 2.75) is 49.3 Å². The summed E-state index contributed by atoms with van der Waals surface area (Å²) in [4.78, 5) is 49.3. The summed E-state index contributed by atoms with van der Waals surface area (Å²) in [5.41, 5.74) is 11.9. The molecule has 3 unspecified atom stereocenters. The van der Waals surface area contributed by atoms with Gasteiger partial charge in [-0.25, -0.2) is 9.98 Å². The van der Waals surface area contributed by atoms with Gasteiger partial charge in [-0.3, -0.25) is 19.3 Å². The Labute approximate surface area is 217 Å². The van der Waals surface area contributed by atoms with E-state index in [1.807, 2.05) is 31.2 Å². The first-order valence-corrected chi connectivity index (χ1v) is 12.3. The maximum atomic E-state index is 13.4. The van der Waals surface area contributed by atoms with Crippen molar-refractivity contribution < 1.29 is 24.6 Å². The first kappa shape index (κ1) is 24.1. The summed E-state index contributed by atoms with van der Waals surface area (Å²) in [6.45, 7) is 1.71. The van der Waals surface area contributed by atoms with Crippen LogP contribution in [0.3, 0.4) is 0 Å². The molecule has 1 spiro atoms. The predicted molar refractivity (Wildman–Crippen MR) is 136 cm³/mol. The van der Waals surface area contributed by atoms with Gasteiger partial charge >= 0.3 is 0 Å². The van der Waals surface area contributed by atoms with Gasteiger partial charge in [-0.2, -0.15) is 0 Å². The molecule has 2 fully saturated rings. The van der Waals surface area contributed by atoms with Crippen molar-refractivity contribution >= 4 is 40.4 Å². The number of carbonyl (C=O) groups excluding carboxylic acids is 3. The van der Waals surface area contributed by atoms with Crippen molar-refractivity contribution in [1.82, 2.24) is 20.4 Å². The molecule has 0 bridgehead atoms. The number of likely N-dealkylation sites (tertiary alicyclic amines) is 1. The Morgan fingerprint density at radius 1 is 1.16 bits per heavy atom. The number of fused-ring (bicyclic) bond motifs is 1. The van der Waals surface area contributed by atoms with E-state index in [9.17, 15) is 24.6 Å². The minimum atomic E-state index is -2.63. The molecule has 198 valence electrons. The number of hydrogen-bond donors (Lipinski definition) is 6. The summed E-state index contributed by atoms with van der Waals surface area (Å²) in [5, 5.41) is 30.5. The molecule has 4 atom stereocenters. The van der Waals surface area contributed by atoms with E-state index in [0.29, 0.717) is 5.56 Å². The Bertz CT molecular complexity index is 1440. The average molecular weight is 521 g/mol. The zero-order chi connectivity index (χ0) is 27.0. The van der Waals surface area contributed by atoms with Crippen LogP contribution in [-0.2, 0) is 9.59 Å². The first-order chi connectivity index (χ1) is 18.0. The van der Waals surface area contributed by atoms with Gasteiger partial charge in [0.05, 0.1) is 12.6 Å². The molecule has 4 heterocycles. The number of amides is 3. The minimum Gasteiger partial charge on any atom is -0.370 e. The average Bonchev–Trinajstić information content (AvgIpc) is 3.46. The molecule has 4 aliphatic heterocycles. The maximum Gasteiger partial charge on any atom is 0.252 e. The molecule has 0 aromatic heterocycles.